The highest BCUT2D eigenvalue weighted by Gasteiger charge is 2.47. The summed E-state index contributed by atoms with van der Waals surface area (Å²) in [6.07, 6.45) is 3.00. The van der Waals surface area contributed by atoms with Gasteiger partial charge in [-0.1, -0.05) is 0 Å². The molecular weight excluding hydrogens is 324 g/mol. The molecular formula is C18H18N2O5. The number of amides is 1. The smallest absolute Gasteiger partial charge is 0.295 e. The number of aliphatic hydroxyl groups excluding tert-OH is 1. The lowest BCUT2D eigenvalue weighted by Gasteiger charge is -2.22. The van der Waals surface area contributed by atoms with E-state index >= 15 is 0 Å². The van der Waals surface area contributed by atoms with Gasteiger partial charge < -0.3 is 19.2 Å². The van der Waals surface area contributed by atoms with Gasteiger partial charge >= 0.3 is 0 Å². The topological polar surface area (TPSA) is 92.9 Å². The predicted molar refractivity (Wildman–Crippen MR) is 88.6 cm³/mol. The SMILES string of the molecule is COCCN1C(=O)C(=O)/C(=C(\O)c2ccncc2)C1c1ccc(C)o1. The Hall–Kier alpha value is -2.93. The predicted octanol–water partition coefficient (Wildman–Crippen LogP) is 2.05. The van der Waals surface area contributed by atoms with Crippen LogP contribution in [0.4, 0.5) is 0 Å². The summed E-state index contributed by atoms with van der Waals surface area (Å²) in [6, 6.07) is 5.80. The van der Waals surface area contributed by atoms with Crippen LogP contribution in [-0.2, 0) is 14.3 Å². The maximum atomic E-state index is 12.6. The van der Waals surface area contributed by atoms with Gasteiger partial charge in [0, 0.05) is 31.6 Å². The molecule has 0 bridgehead atoms. The molecule has 7 nitrogen and oxygen atoms in total. The second-order valence-electron chi connectivity index (χ2n) is 5.67. The quantitative estimate of drug-likeness (QED) is 0.508. The van der Waals surface area contributed by atoms with E-state index < -0.39 is 17.7 Å². The van der Waals surface area contributed by atoms with Gasteiger partial charge in [0.1, 0.15) is 23.3 Å². The number of ether oxygens (including phenoxy) is 1. The van der Waals surface area contributed by atoms with Gasteiger partial charge in [0.2, 0.25) is 0 Å². The summed E-state index contributed by atoms with van der Waals surface area (Å²) >= 11 is 0. The molecule has 0 aromatic carbocycles. The molecule has 1 fully saturated rings. The number of aryl methyl sites for hydroxylation is 1. The summed E-state index contributed by atoms with van der Waals surface area (Å²) in [7, 11) is 1.51. The van der Waals surface area contributed by atoms with Crippen LogP contribution in [0.25, 0.3) is 5.76 Å². The average Bonchev–Trinajstić information content (AvgIpc) is 3.15. The molecule has 3 heterocycles. The van der Waals surface area contributed by atoms with Crippen molar-refractivity contribution in [1.82, 2.24) is 9.88 Å². The number of hydrogen-bond donors (Lipinski definition) is 1. The van der Waals surface area contributed by atoms with Crippen molar-refractivity contribution in [3.63, 3.8) is 0 Å². The molecule has 2 aromatic heterocycles. The first-order valence-corrected chi connectivity index (χ1v) is 7.78. The van der Waals surface area contributed by atoms with E-state index in [1.165, 1.54) is 24.4 Å². The van der Waals surface area contributed by atoms with Crippen molar-refractivity contribution in [3.8, 4) is 0 Å². The summed E-state index contributed by atoms with van der Waals surface area (Å²) < 4.78 is 10.7. The van der Waals surface area contributed by atoms with Gasteiger partial charge in [-0.3, -0.25) is 14.6 Å². The van der Waals surface area contributed by atoms with Gasteiger partial charge in [-0.2, -0.15) is 0 Å². The Labute approximate surface area is 144 Å². The maximum Gasteiger partial charge on any atom is 0.295 e. The molecule has 0 aliphatic carbocycles. The highest BCUT2D eigenvalue weighted by atomic mass is 16.5. The highest BCUT2D eigenvalue weighted by Crippen LogP contribution is 2.39. The van der Waals surface area contributed by atoms with Crippen molar-refractivity contribution in [1.29, 1.82) is 0 Å². The number of aliphatic hydroxyl groups is 1. The van der Waals surface area contributed by atoms with Crippen LogP contribution >= 0.6 is 0 Å². The van der Waals surface area contributed by atoms with Gasteiger partial charge in [0.05, 0.1) is 12.2 Å². The molecule has 0 radical (unpaired) electrons. The van der Waals surface area contributed by atoms with E-state index in [9.17, 15) is 14.7 Å². The molecule has 1 amide bonds. The van der Waals surface area contributed by atoms with Gasteiger partial charge in [-0.05, 0) is 31.2 Å². The molecule has 0 spiro atoms. The molecule has 3 rings (SSSR count). The monoisotopic (exact) mass is 342 g/mol. The molecule has 2 aromatic rings. The van der Waals surface area contributed by atoms with Crippen molar-refractivity contribution in [2.75, 3.05) is 20.3 Å². The molecule has 1 unspecified atom stereocenters. The fraction of sp³-hybridized carbons (Fsp3) is 0.278. The van der Waals surface area contributed by atoms with E-state index in [4.69, 9.17) is 9.15 Å². The minimum atomic E-state index is -0.794. The van der Waals surface area contributed by atoms with E-state index in [0.29, 0.717) is 17.1 Å². The normalized spacial score (nSPS) is 19.6. The van der Waals surface area contributed by atoms with Crippen LogP contribution in [0, 0.1) is 6.92 Å². The standard InChI is InChI=1S/C18H18N2O5/c1-11-3-4-13(25-11)15-14(16(21)12-5-7-19-8-6-12)17(22)18(23)20(15)9-10-24-2/h3-8,15,21H,9-10H2,1-2H3/b16-14-. The van der Waals surface area contributed by atoms with Crippen molar-refractivity contribution < 1.29 is 23.8 Å². The molecule has 0 saturated carbocycles. The van der Waals surface area contributed by atoms with Crippen LogP contribution in [0.2, 0.25) is 0 Å². The van der Waals surface area contributed by atoms with Crippen LogP contribution in [-0.4, -0.2) is 46.9 Å². The van der Waals surface area contributed by atoms with Gasteiger partial charge in [-0.25, -0.2) is 0 Å². The van der Waals surface area contributed by atoms with Crippen molar-refractivity contribution >= 4 is 17.4 Å². The third-order valence-electron chi connectivity index (χ3n) is 4.06. The van der Waals surface area contributed by atoms with E-state index in [-0.39, 0.29) is 24.5 Å². The van der Waals surface area contributed by atoms with Crippen LogP contribution in [0.5, 0.6) is 0 Å². The second-order valence-corrected chi connectivity index (χ2v) is 5.67. The Kier molecular flexibility index (Phi) is 4.67. The number of methoxy groups -OCH3 is 1. The third-order valence-corrected chi connectivity index (χ3v) is 4.06. The van der Waals surface area contributed by atoms with Crippen molar-refractivity contribution in [3.05, 3.63) is 59.3 Å². The zero-order chi connectivity index (χ0) is 18.0. The largest absolute Gasteiger partial charge is 0.507 e. The summed E-state index contributed by atoms with van der Waals surface area (Å²) in [6.45, 7) is 2.24. The number of pyridine rings is 1. The number of rotatable bonds is 5. The molecule has 1 aliphatic heterocycles. The van der Waals surface area contributed by atoms with Crippen LogP contribution < -0.4 is 0 Å². The Morgan fingerprint density at radius 2 is 2.00 bits per heavy atom. The third kappa shape index (κ3) is 3.06. The molecule has 1 aliphatic rings. The first-order chi connectivity index (χ1) is 12.0. The fourth-order valence-corrected chi connectivity index (χ4v) is 2.86. The highest BCUT2D eigenvalue weighted by molar-refractivity contribution is 6.46. The number of nitrogens with zero attached hydrogens (tertiary/aromatic N) is 2. The second kappa shape index (κ2) is 6.90. The van der Waals surface area contributed by atoms with E-state index in [1.54, 1.807) is 31.2 Å². The first kappa shape index (κ1) is 16.9. The van der Waals surface area contributed by atoms with Crippen LogP contribution in [0.3, 0.4) is 0 Å². The summed E-state index contributed by atoms with van der Waals surface area (Å²) in [4.78, 5) is 30.3. The van der Waals surface area contributed by atoms with Gasteiger partial charge in [-0.15, -0.1) is 0 Å². The van der Waals surface area contributed by atoms with Crippen LogP contribution in [0.15, 0.2) is 46.6 Å². The number of carbonyl (C=O) groups excluding carboxylic acids is 2. The zero-order valence-electron chi connectivity index (χ0n) is 13.9. The Morgan fingerprint density at radius 1 is 1.28 bits per heavy atom. The minimum absolute atomic E-state index is 0.00153. The average molecular weight is 342 g/mol. The molecule has 130 valence electrons. The van der Waals surface area contributed by atoms with Gasteiger partial charge in [0.25, 0.3) is 11.7 Å². The number of furan rings is 1. The Balaban J connectivity index is 2.14. The fourth-order valence-electron chi connectivity index (χ4n) is 2.86. The Morgan fingerprint density at radius 3 is 2.60 bits per heavy atom. The number of Topliss-reactive ketones (excluding diaryl/α,β-unsaturated/α-hetero) is 1. The summed E-state index contributed by atoms with van der Waals surface area (Å²) in [5.41, 5.74) is 0.412. The van der Waals surface area contributed by atoms with E-state index in [2.05, 4.69) is 4.98 Å². The lowest BCUT2D eigenvalue weighted by atomic mass is 10.00. The lowest BCUT2D eigenvalue weighted by Crippen LogP contribution is -2.32. The molecule has 7 heteroatoms. The molecule has 1 saturated heterocycles. The number of ketones is 1. The maximum absolute atomic E-state index is 12.6. The molecule has 1 N–H and O–H groups in total. The molecule has 25 heavy (non-hydrogen) atoms. The van der Waals surface area contributed by atoms with Crippen molar-refractivity contribution in [2.45, 2.75) is 13.0 Å². The first-order valence-electron chi connectivity index (χ1n) is 7.78. The number of carbonyl (C=O) groups is 2. The number of aromatic nitrogens is 1. The zero-order valence-corrected chi connectivity index (χ0v) is 13.9. The van der Waals surface area contributed by atoms with Gasteiger partial charge in [0.15, 0.2) is 0 Å². The Bertz CT molecular complexity index is 825. The summed E-state index contributed by atoms with van der Waals surface area (Å²) in [5.74, 6) is -0.615. The number of likely N-dealkylation sites (tertiary alicyclic amines) is 1. The number of hydrogen-bond acceptors (Lipinski definition) is 6. The van der Waals surface area contributed by atoms with Crippen molar-refractivity contribution in [2.24, 2.45) is 0 Å². The van der Waals surface area contributed by atoms with E-state index in [1.807, 2.05) is 0 Å². The minimum Gasteiger partial charge on any atom is -0.507 e. The lowest BCUT2D eigenvalue weighted by molar-refractivity contribution is -0.140. The molecule has 1 atom stereocenters. The summed E-state index contributed by atoms with van der Waals surface area (Å²) in [5, 5.41) is 10.7. The van der Waals surface area contributed by atoms with E-state index in [0.717, 1.165) is 0 Å². The van der Waals surface area contributed by atoms with Crippen LogP contribution in [0.1, 0.15) is 23.1 Å².